The molecular formula is C20H18N4. The molecule has 0 amide bonds. The molecule has 0 atom stereocenters. The molecule has 0 saturated carbocycles. The zero-order valence-electron chi connectivity index (χ0n) is 13.5. The molecular weight excluding hydrogens is 296 g/mol. The first kappa shape index (κ1) is 14.5. The Bertz CT molecular complexity index is 974. The number of hydrogen-bond donors (Lipinski definition) is 1. The van der Waals surface area contributed by atoms with Crippen molar-refractivity contribution in [1.29, 1.82) is 0 Å². The van der Waals surface area contributed by atoms with E-state index in [1.165, 1.54) is 10.9 Å². The van der Waals surface area contributed by atoms with Crippen molar-refractivity contribution in [2.45, 2.75) is 13.5 Å². The smallest absolute Gasteiger partial charge is 0.0991 e. The monoisotopic (exact) mass is 314 g/mol. The number of imidazole rings is 1. The molecule has 0 radical (unpaired) electrons. The Hall–Kier alpha value is -3.14. The summed E-state index contributed by atoms with van der Waals surface area (Å²) in [6, 6.07) is 18.9. The third-order valence-corrected chi connectivity index (χ3v) is 4.04. The molecule has 0 saturated heterocycles. The zero-order valence-corrected chi connectivity index (χ0v) is 13.5. The van der Waals surface area contributed by atoms with Crippen molar-refractivity contribution in [3.8, 4) is 5.69 Å². The zero-order chi connectivity index (χ0) is 16.4. The summed E-state index contributed by atoms with van der Waals surface area (Å²) in [6.45, 7) is 2.79. The van der Waals surface area contributed by atoms with E-state index in [0.717, 1.165) is 29.1 Å². The molecule has 2 aromatic carbocycles. The first-order valence-electron chi connectivity index (χ1n) is 7.96. The van der Waals surface area contributed by atoms with Gasteiger partial charge in [0, 0.05) is 41.4 Å². The molecule has 0 fully saturated rings. The molecule has 1 N–H and O–H groups in total. The summed E-state index contributed by atoms with van der Waals surface area (Å²) in [5, 5.41) is 4.66. The van der Waals surface area contributed by atoms with Gasteiger partial charge in [-0.3, -0.25) is 4.98 Å². The number of hydrogen-bond acceptors (Lipinski definition) is 3. The van der Waals surface area contributed by atoms with Gasteiger partial charge in [-0.1, -0.05) is 18.2 Å². The van der Waals surface area contributed by atoms with Gasteiger partial charge in [0.05, 0.1) is 11.8 Å². The molecule has 0 bridgehead atoms. The second-order valence-electron chi connectivity index (χ2n) is 5.85. The third kappa shape index (κ3) is 2.99. The Balaban J connectivity index is 1.52. The van der Waals surface area contributed by atoms with Crippen LogP contribution in [0.4, 0.5) is 5.69 Å². The number of anilines is 1. The van der Waals surface area contributed by atoms with Crippen LogP contribution in [0.15, 0.2) is 73.3 Å². The molecule has 2 heterocycles. The molecule has 0 spiro atoms. The van der Waals surface area contributed by atoms with Crippen LogP contribution < -0.4 is 5.32 Å². The maximum atomic E-state index is 4.55. The van der Waals surface area contributed by atoms with Crippen LogP contribution in [-0.4, -0.2) is 14.5 Å². The van der Waals surface area contributed by atoms with Crippen LogP contribution in [-0.2, 0) is 6.54 Å². The summed E-state index contributed by atoms with van der Waals surface area (Å²) < 4.78 is 2.00. The molecule has 4 nitrogen and oxygen atoms in total. The number of fused-ring (bicyclic) bond motifs is 1. The highest BCUT2D eigenvalue weighted by Gasteiger charge is 2.01. The Kier molecular flexibility index (Phi) is 3.71. The number of nitrogens with one attached hydrogen (secondary N) is 1. The molecule has 0 aliphatic heterocycles. The summed E-state index contributed by atoms with van der Waals surface area (Å²) in [5.41, 5.74) is 5.51. The highest BCUT2D eigenvalue weighted by atomic mass is 15.0. The first-order valence-corrected chi connectivity index (χ1v) is 7.96. The van der Waals surface area contributed by atoms with Crippen LogP contribution in [0.2, 0.25) is 0 Å². The summed E-state index contributed by atoms with van der Waals surface area (Å²) in [4.78, 5) is 8.64. The van der Waals surface area contributed by atoms with Crippen molar-refractivity contribution in [2.75, 3.05) is 5.32 Å². The standard InChI is InChI=1S/C20H18N4/c1-15-5-7-17-11-16(6-8-20(17)23-15)13-22-18-3-2-4-19(12-18)24-10-9-21-14-24/h2-12,14,22H,13H2,1H3. The van der Waals surface area contributed by atoms with Crippen molar-refractivity contribution >= 4 is 16.6 Å². The van der Waals surface area contributed by atoms with E-state index in [0.29, 0.717) is 0 Å². The molecule has 118 valence electrons. The van der Waals surface area contributed by atoms with Gasteiger partial charge in [0.2, 0.25) is 0 Å². The van der Waals surface area contributed by atoms with Gasteiger partial charge < -0.3 is 9.88 Å². The minimum absolute atomic E-state index is 0.775. The van der Waals surface area contributed by atoms with E-state index in [1.807, 2.05) is 29.8 Å². The normalized spacial score (nSPS) is 10.9. The van der Waals surface area contributed by atoms with Gasteiger partial charge in [-0.15, -0.1) is 0 Å². The lowest BCUT2D eigenvalue weighted by atomic mass is 10.1. The van der Waals surface area contributed by atoms with Crippen molar-refractivity contribution in [3.63, 3.8) is 0 Å². The molecule has 4 heteroatoms. The summed E-state index contributed by atoms with van der Waals surface area (Å²) in [5.74, 6) is 0. The van der Waals surface area contributed by atoms with Gasteiger partial charge in [0.25, 0.3) is 0 Å². The fourth-order valence-corrected chi connectivity index (χ4v) is 2.78. The van der Waals surface area contributed by atoms with Crippen LogP contribution in [0, 0.1) is 6.92 Å². The van der Waals surface area contributed by atoms with Gasteiger partial charge >= 0.3 is 0 Å². The van der Waals surface area contributed by atoms with E-state index >= 15 is 0 Å². The minimum atomic E-state index is 0.775. The van der Waals surface area contributed by atoms with Crippen LogP contribution in [0.25, 0.3) is 16.6 Å². The number of pyridine rings is 1. The molecule has 4 rings (SSSR count). The van der Waals surface area contributed by atoms with Crippen molar-refractivity contribution in [3.05, 3.63) is 84.6 Å². The molecule has 0 aliphatic carbocycles. The SMILES string of the molecule is Cc1ccc2cc(CNc3cccc(-n4ccnc4)c3)ccc2n1. The van der Waals surface area contributed by atoms with Gasteiger partial charge in [-0.05, 0) is 48.9 Å². The van der Waals surface area contributed by atoms with Crippen LogP contribution in [0.3, 0.4) is 0 Å². The van der Waals surface area contributed by atoms with Gasteiger partial charge in [-0.2, -0.15) is 0 Å². The average molecular weight is 314 g/mol. The maximum absolute atomic E-state index is 4.55. The predicted octanol–water partition coefficient (Wildman–Crippen LogP) is 4.34. The number of aryl methyl sites for hydroxylation is 1. The van der Waals surface area contributed by atoms with Crippen LogP contribution in [0.5, 0.6) is 0 Å². The average Bonchev–Trinajstić information content (AvgIpc) is 3.15. The Morgan fingerprint density at radius 3 is 2.88 bits per heavy atom. The fourth-order valence-electron chi connectivity index (χ4n) is 2.78. The predicted molar refractivity (Wildman–Crippen MR) is 97.4 cm³/mol. The maximum Gasteiger partial charge on any atom is 0.0991 e. The number of benzene rings is 2. The molecule has 2 aromatic heterocycles. The number of rotatable bonds is 4. The van der Waals surface area contributed by atoms with Crippen molar-refractivity contribution in [1.82, 2.24) is 14.5 Å². The Morgan fingerprint density at radius 2 is 2.00 bits per heavy atom. The Labute approximate surface area is 140 Å². The van der Waals surface area contributed by atoms with Crippen molar-refractivity contribution < 1.29 is 0 Å². The molecule has 4 aromatic rings. The van der Waals surface area contributed by atoms with E-state index in [2.05, 4.69) is 57.7 Å². The molecule has 0 aliphatic rings. The highest BCUT2D eigenvalue weighted by molar-refractivity contribution is 5.79. The summed E-state index contributed by atoms with van der Waals surface area (Å²) >= 11 is 0. The van der Waals surface area contributed by atoms with Gasteiger partial charge in [-0.25, -0.2) is 4.98 Å². The number of nitrogens with zero attached hydrogens (tertiary/aromatic N) is 3. The van der Waals surface area contributed by atoms with Gasteiger partial charge in [0.15, 0.2) is 0 Å². The quantitative estimate of drug-likeness (QED) is 0.609. The van der Waals surface area contributed by atoms with E-state index < -0.39 is 0 Å². The van der Waals surface area contributed by atoms with E-state index in [-0.39, 0.29) is 0 Å². The van der Waals surface area contributed by atoms with Crippen molar-refractivity contribution in [2.24, 2.45) is 0 Å². The van der Waals surface area contributed by atoms with Crippen LogP contribution >= 0.6 is 0 Å². The lowest BCUT2D eigenvalue weighted by Crippen LogP contribution is -2.00. The lowest BCUT2D eigenvalue weighted by Gasteiger charge is -2.10. The topological polar surface area (TPSA) is 42.7 Å². The lowest BCUT2D eigenvalue weighted by molar-refractivity contribution is 1.05. The van der Waals surface area contributed by atoms with E-state index in [4.69, 9.17) is 0 Å². The third-order valence-electron chi connectivity index (χ3n) is 4.04. The van der Waals surface area contributed by atoms with Gasteiger partial charge in [0.1, 0.15) is 0 Å². The number of aromatic nitrogens is 3. The molecule has 24 heavy (non-hydrogen) atoms. The Morgan fingerprint density at radius 1 is 1.04 bits per heavy atom. The van der Waals surface area contributed by atoms with E-state index in [1.54, 1.807) is 12.5 Å². The first-order chi connectivity index (χ1) is 11.8. The summed E-state index contributed by atoms with van der Waals surface area (Å²) in [6.07, 6.45) is 5.53. The molecule has 0 unspecified atom stereocenters. The van der Waals surface area contributed by atoms with E-state index in [9.17, 15) is 0 Å². The summed E-state index contributed by atoms with van der Waals surface area (Å²) in [7, 11) is 0. The minimum Gasteiger partial charge on any atom is -0.381 e. The second kappa shape index (κ2) is 6.16. The fraction of sp³-hybridized carbons (Fsp3) is 0.100. The van der Waals surface area contributed by atoms with Crippen LogP contribution in [0.1, 0.15) is 11.3 Å². The highest BCUT2D eigenvalue weighted by Crippen LogP contribution is 2.18. The largest absolute Gasteiger partial charge is 0.381 e. The second-order valence-corrected chi connectivity index (χ2v) is 5.85.